The van der Waals surface area contributed by atoms with Crippen LogP contribution in [-0.2, 0) is 0 Å². The van der Waals surface area contributed by atoms with Gasteiger partial charge in [-0.3, -0.25) is 5.10 Å². The molecule has 0 amide bonds. The summed E-state index contributed by atoms with van der Waals surface area (Å²) in [5, 5.41) is 24.7. The first-order valence-electron chi connectivity index (χ1n) is 3.58. The highest BCUT2D eigenvalue weighted by atomic mass is 32.1. The predicted molar refractivity (Wildman–Crippen MR) is 45.8 cm³/mol. The van der Waals surface area contributed by atoms with Crippen molar-refractivity contribution < 1.29 is 10.2 Å². The van der Waals surface area contributed by atoms with Gasteiger partial charge in [-0.2, -0.15) is 17.7 Å². The Hall–Kier alpha value is -0.590. The molecule has 0 saturated heterocycles. The fourth-order valence-corrected chi connectivity index (χ4v) is 1.09. The molecule has 0 aliphatic heterocycles. The molecular weight excluding hydrogens is 178 g/mol. The Morgan fingerprint density at radius 3 is 2.83 bits per heavy atom. The Morgan fingerprint density at radius 1 is 1.58 bits per heavy atom. The molecule has 2 atom stereocenters. The van der Waals surface area contributed by atoms with Crippen LogP contribution in [-0.4, -0.2) is 37.3 Å². The Bertz CT molecular complexity index is 217. The molecule has 1 aromatic heterocycles. The smallest absolute Gasteiger partial charge is 0.155 e. The van der Waals surface area contributed by atoms with E-state index in [0.29, 0.717) is 12.2 Å². The van der Waals surface area contributed by atoms with Gasteiger partial charge < -0.3 is 10.2 Å². The number of aliphatic hydroxyl groups is 2. The van der Waals surface area contributed by atoms with Crippen molar-refractivity contribution in [3.8, 4) is 0 Å². The van der Waals surface area contributed by atoms with Crippen molar-refractivity contribution in [2.24, 2.45) is 0 Å². The number of aromatic amines is 1. The highest BCUT2D eigenvalue weighted by Gasteiger charge is 2.19. The van der Waals surface area contributed by atoms with Crippen LogP contribution < -0.4 is 0 Å². The van der Waals surface area contributed by atoms with Crippen LogP contribution in [0.4, 0.5) is 0 Å². The number of nitrogens with zero attached hydrogens (tertiary/aromatic N) is 2. The van der Waals surface area contributed by atoms with Crippen LogP contribution in [0.15, 0.2) is 6.33 Å². The second kappa shape index (κ2) is 4.44. The van der Waals surface area contributed by atoms with Crippen LogP contribution in [0.1, 0.15) is 18.3 Å². The summed E-state index contributed by atoms with van der Waals surface area (Å²) in [6.07, 6.45) is -0.133. The third-order valence-corrected chi connectivity index (χ3v) is 1.76. The van der Waals surface area contributed by atoms with Crippen LogP contribution in [0.25, 0.3) is 0 Å². The molecule has 0 radical (unpaired) electrons. The van der Waals surface area contributed by atoms with Crippen LogP contribution in [0.5, 0.6) is 0 Å². The van der Waals surface area contributed by atoms with Crippen molar-refractivity contribution in [2.45, 2.75) is 18.6 Å². The van der Waals surface area contributed by atoms with E-state index in [1.807, 2.05) is 0 Å². The summed E-state index contributed by atoms with van der Waals surface area (Å²) in [7, 11) is 0. The zero-order valence-corrected chi connectivity index (χ0v) is 7.28. The van der Waals surface area contributed by atoms with Crippen molar-refractivity contribution in [3.63, 3.8) is 0 Å². The van der Waals surface area contributed by atoms with Gasteiger partial charge in [0.2, 0.25) is 0 Å². The van der Waals surface area contributed by atoms with E-state index in [2.05, 4.69) is 27.8 Å². The molecule has 0 spiro atoms. The van der Waals surface area contributed by atoms with Crippen LogP contribution in [0.3, 0.4) is 0 Å². The molecule has 5 nitrogen and oxygen atoms in total. The standard InChI is InChI=1S/C6H11N3O2S/c10-4(1-2-12)5(11)6-7-3-8-9-6/h3-5,10-12H,1-2H2,(H,7,8,9). The molecule has 0 saturated carbocycles. The molecule has 0 aromatic carbocycles. The third kappa shape index (κ3) is 2.20. The fraction of sp³-hybridized carbons (Fsp3) is 0.667. The van der Waals surface area contributed by atoms with Gasteiger partial charge in [0.05, 0.1) is 6.10 Å². The number of hydrogen-bond acceptors (Lipinski definition) is 5. The van der Waals surface area contributed by atoms with Crippen LogP contribution in [0.2, 0.25) is 0 Å². The van der Waals surface area contributed by atoms with E-state index in [1.54, 1.807) is 0 Å². The summed E-state index contributed by atoms with van der Waals surface area (Å²) in [5.74, 6) is 0.802. The highest BCUT2D eigenvalue weighted by molar-refractivity contribution is 7.80. The molecule has 1 heterocycles. The average molecular weight is 189 g/mol. The average Bonchev–Trinajstić information content (AvgIpc) is 2.55. The Labute approximate surface area is 75.3 Å². The summed E-state index contributed by atoms with van der Waals surface area (Å²) >= 11 is 3.93. The second-order valence-corrected chi connectivity index (χ2v) is 2.84. The van der Waals surface area contributed by atoms with Crippen molar-refractivity contribution >= 4 is 12.6 Å². The zero-order valence-electron chi connectivity index (χ0n) is 6.38. The minimum atomic E-state index is -1.00. The maximum Gasteiger partial charge on any atom is 0.155 e. The summed E-state index contributed by atoms with van der Waals surface area (Å²) < 4.78 is 0. The summed E-state index contributed by atoms with van der Waals surface area (Å²) in [5.41, 5.74) is 0. The van der Waals surface area contributed by atoms with E-state index in [9.17, 15) is 10.2 Å². The van der Waals surface area contributed by atoms with E-state index in [1.165, 1.54) is 6.33 Å². The number of nitrogens with one attached hydrogen (secondary N) is 1. The van der Waals surface area contributed by atoms with Gasteiger partial charge in [-0.05, 0) is 12.2 Å². The van der Waals surface area contributed by atoms with Crippen LogP contribution in [0, 0.1) is 0 Å². The number of H-pyrrole nitrogens is 1. The van der Waals surface area contributed by atoms with E-state index >= 15 is 0 Å². The van der Waals surface area contributed by atoms with Crippen molar-refractivity contribution in [1.29, 1.82) is 0 Å². The number of aromatic nitrogens is 3. The molecule has 68 valence electrons. The minimum absolute atomic E-state index is 0.282. The molecule has 1 rings (SSSR count). The summed E-state index contributed by atoms with van der Waals surface area (Å²) in [6, 6.07) is 0. The minimum Gasteiger partial charge on any atom is -0.390 e. The highest BCUT2D eigenvalue weighted by Crippen LogP contribution is 2.13. The normalized spacial score (nSPS) is 15.9. The maximum atomic E-state index is 9.39. The fourth-order valence-electron chi connectivity index (χ4n) is 0.830. The molecule has 1 aromatic rings. The lowest BCUT2D eigenvalue weighted by Crippen LogP contribution is -2.19. The summed E-state index contributed by atoms with van der Waals surface area (Å²) in [4.78, 5) is 3.72. The SMILES string of the molecule is OC(CCS)C(O)c1ncn[nH]1. The Kier molecular flexibility index (Phi) is 3.51. The van der Waals surface area contributed by atoms with Crippen molar-refractivity contribution in [2.75, 3.05) is 5.75 Å². The maximum absolute atomic E-state index is 9.39. The van der Waals surface area contributed by atoms with Gasteiger partial charge in [0.1, 0.15) is 12.4 Å². The number of hydrogen-bond donors (Lipinski definition) is 4. The second-order valence-electron chi connectivity index (χ2n) is 2.40. The van der Waals surface area contributed by atoms with Crippen LogP contribution >= 0.6 is 12.6 Å². The molecule has 0 aliphatic rings. The predicted octanol–water partition coefficient (Wildman–Crippen LogP) is -0.481. The lowest BCUT2D eigenvalue weighted by atomic mass is 10.1. The van der Waals surface area contributed by atoms with E-state index in [4.69, 9.17) is 0 Å². The molecule has 6 heteroatoms. The van der Waals surface area contributed by atoms with E-state index in [0.717, 1.165) is 0 Å². The lowest BCUT2D eigenvalue weighted by molar-refractivity contribution is 0.0121. The monoisotopic (exact) mass is 189 g/mol. The van der Waals surface area contributed by atoms with Gasteiger partial charge in [0.25, 0.3) is 0 Å². The molecular formula is C6H11N3O2S. The quantitative estimate of drug-likeness (QED) is 0.482. The van der Waals surface area contributed by atoms with Gasteiger partial charge in [-0.25, -0.2) is 4.98 Å². The number of rotatable bonds is 4. The molecule has 0 aliphatic carbocycles. The van der Waals surface area contributed by atoms with Gasteiger partial charge in [-0.1, -0.05) is 0 Å². The van der Waals surface area contributed by atoms with Gasteiger partial charge in [0, 0.05) is 0 Å². The van der Waals surface area contributed by atoms with E-state index in [-0.39, 0.29) is 5.82 Å². The Balaban J connectivity index is 2.53. The number of thiol groups is 1. The van der Waals surface area contributed by atoms with Gasteiger partial charge in [0.15, 0.2) is 5.82 Å². The molecule has 0 bridgehead atoms. The number of aliphatic hydroxyl groups excluding tert-OH is 2. The topological polar surface area (TPSA) is 82.0 Å². The first-order chi connectivity index (χ1) is 5.75. The summed E-state index contributed by atoms with van der Waals surface area (Å²) in [6.45, 7) is 0. The molecule has 3 N–H and O–H groups in total. The first kappa shape index (κ1) is 9.50. The molecule has 0 fully saturated rings. The van der Waals surface area contributed by atoms with Crippen molar-refractivity contribution in [1.82, 2.24) is 15.2 Å². The van der Waals surface area contributed by atoms with Gasteiger partial charge >= 0.3 is 0 Å². The first-order valence-corrected chi connectivity index (χ1v) is 4.21. The third-order valence-electron chi connectivity index (χ3n) is 1.50. The van der Waals surface area contributed by atoms with Crippen molar-refractivity contribution in [3.05, 3.63) is 12.2 Å². The largest absolute Gasteiger partial charge is 0.390 e. The lowest BCUT2D eigenvalue weighted by Gasteiger charge is -2.13. The molecule has 2 unspecified atom stereocenters. The Morgan fingerprint density at radius 2 is 2.33 bits per heavy atom. The van der Waals surface area contributed by atoms with Gasteiger partial charge in [-0.15, -0.1) is 0 Å². The zero-order chi connectivity index (χ0) is 8.97. The molecule has 12 heavy (non-hydrogen) atoms. The van der Waals surface area contributed by atoms with E-state index < -0.39 is 12.2 Å².